The maximum Gasteiger partial charge on any atom is 0.264 e. The Kier molecular flexibility index (Phi) is 5.15. The molecule has 3 heterocycles. The molecule has 0 unspecified atom stereocenters. The number of thioether (sulfide) groups is 1. The lowest BCUT2D eigenvalue weighted by Crippen LogP contribution is -2.19. The molecule has 1 amide bonds. The predicted octanol–water partition coefficient (Wildman–Crippen LogP) is 5.84. The number of amidine groups is 1. The average molecular weight is 439 g/mol. The summed E-state index contributed by atoms with van der Waals surface area (Å²) in [6.45, 7) is 6.19. The van der Waals surface area contributed by atoms with Crippen LogP contribution in [0.25, 0.3) is 22.7 Å². The molecule has 6 heteroatoms. The minimum absolute atomic E-state index is 0.123. The van der Waals surface area contributed by atoms with Crippen molar-refractivity contribution in [3.63, 3.8) is 0 Å². The van der Waals surface area contributed by atoms with Crippen molar-refractivity contribution in [3.05, 3.63) is 94.3 Å². The highest BCUT2D eigenvalue weighted by molar-refractivity contribution is 8.18. The quantitative estimate of drug-likeness (QED) is 0.409. The maximum absolute atomic E-state index is 12.6. The molecule has 0 saturated carbocycles. The summed E-state index contributed by atoms with van der Waals surface area (Å²) in [5.41, 5.74) is 7.25. The lowest BCUT2D eigenvalue weighted by molar-refractivity contribution is -0.115. The molecule has 0 atom stereocenters. The molecule has 5 nitrogen and oxygen atoms in total. The Bertz CT molecular complexity index is 1410. The highest BCUT2D eigenvalue weighted by atomic mass is 32.2. The van der Waals surface area contributed by atoms with Gasteiger partial charge in [0, 0.05) is 28.7 Å². The molecule has 0 radical (unpaired) electrons. The van der Waals surface area contributed by atoms with Gasteiger partial charge in [0.05, 0.1) is 16.1 Å². The Labute approximate surface area is 190 Å². The van der Waals surface area contributed by atoms with E-state index in [2.05, 4.69) is 58.0 Å². The first-order valence-electron chi connectivity index (χ1n) is 10.4. The normalized spacial score (nSPS) is 16.3. The van der Waals surface area contributed by atoms with Crippen LogP contribution in [0.5, 0.6) is 0 Å². The molecule has 1 aliphatic heterocycles. The molecule has 1 N–H and O–H groups in total. The summed E-state index contributed by atoms with van der Waals surface area (Å²) in [4.78, 5) is 22.2. The van der Waals surface area contributed by atoms with Gasteiger partial charge in [-0.05, 0) is 86.6 Å². The first-order chi connectivity index (χ1) is 15.5. The number of nitrogens with zero attached hydrogens (tertiary/aromatic N) is 3. The number of fused-ring (bicyclic) bond motifs is 1. The number of rotatable bonds is 3. The molecule has 2 aromatic heterocycles. The van der Waals surface area contributed by atoms with Gasteiger partial charge >= 0.3 is 0 Å². The van der Waals surface area contributed by atoms with Gasteiger partial charge in [0.25, 0.3) is 5.91 Å². The van der Waals surface area contributed by atoms with Crippen LogP contribution in [0, 0.1) is 20.8 Å². The highest BCUT2D eigenvalue weighted by Crippen LogP contribution is 2.31. The van der Waals surface area contributed by atoms with E-state index < -0.39 is 0 Å². The monoisotopic (exact) mass is 438 g/mol. The Morgan fingerprint density at radius 2 is 1.84 bits per heavy atom. The van der Waals surface area contributed by atoms with Gasteiger partial charge in [0.1, 0.15) is 0 Å². The molecule has 158 valence electrons. The number of aromatic nitrogens is 2. The molecule has 1 saturated heterocycles. The molecule has 1 fully saturated rings. The van der Waals surface area contributed by atoms with Crippen molar-refractivity contribution in [1.29, 1.82) is 0 Å². The second-order valence-electron chi connectivity index (χ2n) is 7.86. The van der Waals surface area contributed by atoms with Crippen LogP contribution in [0.3, 0.4) is 0 Å². The summed E-state index contributed by atoms with van der Waals surface area (Å²) in [5.74, 6) is -0.123. The molecule has 2 aromatic carbocycles. The van der Waals surface area contributed by atoms with Crippen molar-refractivity contribution >= 4 is 45.5 Å². The first-order valence-corrected chi connectivity index (χ1v) is 11.2. The second kappa shape index (κ2) is 8.13. The molecular formula is C26H22N4OS. The van der Waals surface area contributed by atoms with E-state index in [4.69, 9.17) is 0 Å². The molecular weight excluding hydrogens is 416 g/mol. The van der Waals surface area contributed by atoms with Gasteiger partial charge in [-0.1, -0.05) is 23.8 Å². The maximum atomic E-state index is 12.6. The summed E-state index contributed by atoms with van der Waals surface area (Å²) < 4.78 is 2.21. The lowest BCUT2D eigenvalue weighted by atomic mass is 10.2. The number of hydrogen-bond donors (Lipinski definition) is 1. The number of nitrogens with one attached hydrogen (secondary N) is 1. The molecule has 5 rings (SSSR count). The number of benzene rings is 2. The fraction of sp³-hybridized carbons (Fsp3) is 0.115. The van der Waals surface area contributed by atoms with Crippen LogP contribution >= 0.6 is 11.8 Å². The zero-order valence-electron chi connectivity index (χ0n) is 18.1. The Morgan fingerprint density at radius 1 is 1.03 bits per heavy atom. The third-order valence-electron chi connectivity index (χ3n) is 5.52. The summed E-state index contributed by atoms with van der Waals surface area (Å²) in [7, 11) is 0. The largest absolute Gasteiger partial charge is 0.318 e. The van der Waals surface area contributed by atoms with E-state index in [1.807, 2.05) is 49.4 Å². The Balaban J connectivity index is 1.46. The molecule has 0 aliphatic carbocycles. The number of aryl methyl sites for hydroxylation is 2. The number of pyridine rings is 1. The number of hydrogen-bond acceptors (Lipinski definition) is 4. The number of carbonyl (C=O) groups excluding carboxylic acids is 1. The van der Waals surface area contributed by atoms with E-state index in [9.17, 15) is 4.79 Å². The van der Waals surface area contributed by atoms with Gasteiger partial charge in [-0.3, -0.25) is 9.78 Å². The molecule has 0 spiro atoms. The van der Waals surface area contributed by atoms with Crippen LogP contribution in [0.1, 0.15) is 22.5 Å². The van der Waals surface area contributed by atoms with Gasteiger partial charge in [-0.2, -0.15) is 0 Å². The van der Waals surface area contributed by atoms with E-state index in [0.717, 1.165) is 39.2 Å². The SMILES string of the molecule is Cc1ccc(N=C2NC(=O)/C(=C/c3cc(C)n(-c4ccc5ncccc5c4)c3C)S2)cc1. The van der Waals surface area contributed by atoms with Crippen molar-refractivity contribution in [3.8, 4) is 5.69 Å². The first kappa shape index (κ1) is 20.3. The van der Waals surface area contributed by atoms with E-state index in [1.165, 1.54) is 17.3 Å². The van der Waals surface area contributed by atoms with E-state index >= 15 is 0 Å². The summed E-state index contributed by atoms with van der Waals surface area (Å²) in [6, 6.07) is 20.3. The Hall–Kier alpha value is -3.64. The minimum Gasteiger partial charge on any atom is -0.318 e. The summed E-state index contributed by atoms with van der Waals surface area (Å²) in [6.07, 6.45) is 3.75. The third kappa shape index (κ3) is 3.85. The minimum atomic E-state index is -0.123. The van der Waals surface area contributed by atoms with Crippen LogP contribution < -0.4 is 5.32 Å². The fourth-order valence-corrected chi connectivity index (χ4v) is 4.72. The van der Waals surface area contributed by atoms with E-state index in [0.29, 0.717) is 10.1 Å². The molecule has 0 bridgehead atoms. The molecule has 4 aromatic rings. The Morgan fingerprint density at radius 3 is 2.66 bits per heavy atom. The van der Waals surface area contributed by atoms with Crippen LogP contribution in [0.15, 0.2) is 76.8 Å². The van der Waals surface area contributed by atoms with Gasteiger partial charge in [-0.25, -0.2) is 4.99 Å². The lowest BCUT2D eigenvalue weighted by Gasteiger charge is -2.10. The smallest absolute Gasteiger partial charge is 0.264 e. The van der Waals surface area contributed by atoms with Gasteiger partial charge in [0.15, 0.2) is 5.17 Å². The number of aliphatic imine (C=N–C) groups is 1. The predicted molar refractivity (Wildman–Crippen MR) is 133 cm³/mol. The summed E-state index contributed by atoms with van der Waals surface area (Å²) >= 11 is 1.37. The van der Waals surface area contributed by atoms with Crippen molar-refractivity contribution in [2.24, 2.45) is 4.99 Å². The van der Waals surface area contributed by atoms with Crippen LogP contribution in [-0.2, 0) is 4.79 Å². The highest BCUT2D eigenvalue weighted by Gasteiger charge is 2.24. The van der Waals surface area contributed by atoms with Crippen molar-refractivity contribution < 1.29 is 4.79 Å². The number of carbonyl (C=O) groups is 1. The molecule has 1 aliphatic rings. The number of amides is 1. The van der Waals surface area contributed by atoms with Crippen molar-refractivity contribution in [2.75, 3.05) is 0 Å². The fourth-order valence-electron chi connectivity index (χ4n) is 3.89. The van der Waals surface area contributed by atoms with Crippen molar-refractivity contribution in [2.45, 2.75) is 20.8 Å². The van der Waals surface area contributed by atoms with Crippen LogP contribution in [0.4, 0.5) is 5.69 Å². The molecule has 32 heavy (non-hydrogen) atoms. The topological polar surface area (TPSA) is 59.3 Å². The van der Waals surface area contributed by atoms with Gasteiger partial charge in [0.2, 0.25) is 0 Å². The van der Waals surface area contributed by atoms with E-state index in [1.54, 1.807) is 6.20 Å². The summed E-state index contributed by atoms with van der Waals surface area (Å²) in [5, 5.41) is 4.57. The second-order valence-corrected chi connectivity index (χ2v) is 8.89. The van der Waals surface area contributed by atoms with Gasteiger partial charge in [-0.15, -0.1) is 0 Å². The zero-order valence-corrected chi connectivity index (χ0v) is 18.9. The van der Waals surface area contributed by atoms with E-state index in [-0.39, 0.29) is 5.91 Å². The van der Waals surface area contributed by atoms with Crippen LogP contribution in [0.2, 0.25) is 0 Å². The standard InChI is InChI=1S/C26H22N4OS/c1-16-6-8-21(9-7-16)28-26-29-25(31)24(32-26)15-20-13-17(2)30(18(20)3)22-10-11-23-19(14-22)5-4-12-27-23/h4-15H,1-3H3,(H,28,29,31)/b24-15-. The third-order valence-corrected chi connectivity index (χ3v) is 6.43. The van der Waals surface area contributed by atoms with Crippen LogP contribution in [-0.4, -0.2) is 20.6 Å². The average Bonchev–Trinajstić information content (AvgIpc) is 3.27. The van der Waals surface area contributed by atoms with Crippen molar-refractivity contribution in [1.82, 2.24) is 14.9 Å². The van der Waals surface area contributed by atoms with Gasteiger partial charge < -0.3 is 9.88 Å². The zero-order chi connectivity index (χ0) is 22.2.